The van der Waals surface area contributed by atoms with Gasteiger partial charge >= 0.3 is 5.97 Å². The van der Waals surface area contributed by atoms with E-state index in [0.717, 1.165) is 11.3 Å². The molecule has 20 heavy (non-hydrogen) atoms. The zero-order chi connectivity index (χ0) is 14.7. The molecule has 0 saturated carbocycles. The van der Waals surface area contributed by atoms with Crippen LogP contribution in [-0.2, 0) is 6.54 Å². The van der Waals surface area contributed by atoms with E-state index < -0.39 is 5.97 Å². The third kappa shape index (κ3) is 3.12. The number of aromatic carboxylic acids is 1. The van der Waals surface area contributed by atoms with Gasteiger partial charge in [0.1, 0.15) is 9.88 Å². The summed E-state index contributed by atoms with van der Waals surface area (Å²) in [5.74, 6) is -1.26. The van der Waals surface area contributed by atoms with Gasteiger partial charge in [0.25, 0.3) is 5.91 Å². The highest BCUT2D eigenvalue weighted by atomic mass is 32.1. The number of hydrogen-bond donors (Lipinski definition) is 3. The molecule has 0 aliphatic carbocycles. The SMILES string of the molecule is Cc1nc(CNC(=O)c2ccc(N)cc2)sc1C(=O)O. The molecule has 1 aromatic heterocycles. The fourth-order valence-electron chi connectivity index (χ4n) is 1.62. The second kappa shape index (κ2) is 5.70. The maximum absolute atomic E-state index is 11.9. The maximum Gasteiger partial charge on any atom is 0.347 e. The topological polar surface area (TPSA) is 105 Å². The van der Waals surface area contributed by atoms with Gasteiger partial charge in [-0.3, -0.25) is 4.79 Å². The van der Waals surface area contributed by atoms with Crippen molar-refractivity contribution in [2.45, 2.75) is 13.5 Å². The lowest BCUT2D eigenvalue weighted by molar-refractivity contribution is 0.0701. The van der Waals surface area contributed by atoms with Crippen LogP contribution in [0.2, 0.25) is 0 Å². The number of hydrogen-bond acceptors (Lipinski definition) is 5. The summed E-state index contributed by atoms with van der Waals surface area (Å²) in [6.07, 6.45) is 0. The van der Waals surface area contributed by atoms with Gasteiger partial charge in [-0.15, -0.1) is 11.3 Å². The third-order valence-corrected chi connectivity index (χ3v) is 3.75. The first-order valence-electron chi connectivity index (χ1n) is 5.80. The Morgan fingerprint density at radius 2 is 2.00 bits per heavy atom. The van der Waals surface area contributed by atoms with Crippen molar-refractivity contribution in [3.05, 3.63) is 45.4 Å². The number of rotatable bonds is 4. The number of nitrogens with two attached hydrogens (primary N) is 1. The van der Waals surface area contributed by atoms with Crippen LogP contribution in [0.25, 0.3) is 0 Å². The number of aromatic nitrogens is 1. The normalized spacial score (nSPS) is 10.2. The number of thiazole rings is 1. The van der Waals surface area contributed by atoms with E-state index in [1.54, 1.807) is 31.2 Å². The summed E-state index contributed by atoms with van der Waals surface area (Å²) >= 11 is 1.06. The molecule has 0 bridgehead atoms. The summed E-state index contributed by atoms with van der Waals surface area (Å²) in [5, 5.41) is 12.2. The number of aryl methyl sites for hydroxylation is 1. The van der Waals surface area contributed by atoms with Crippen LogP contribution < -0.4 is 11.1 Å². The second-order valence-electron chi connectivity index (χ2n) is 4.13. The number of nitrogen functional groups attached to an aromatic ring is 1. The number of benzene rings is 1. The van der Waals surface area contributed by atoms with Crippen LogP contribution in [0.1, 0.15) is 30.7 Å². The number of nitrogens with one attached hydrogen (secondary N) is 1. The fourth-order valence-corrected chi connectivity index (χ4v) is 2.46. The van der Waals surface area contributed by atoms with Gasteiger partial charge in [-0.25, -0.2) is 9.78 Å². The summed E-state index contributed by atoms with van der Waals surface area (Å²) in [4.78, 5) is 27.1. The van der Waals surface area contributed by atoms with E-state index in [4.69, 9.17) is 10.8 Å². The van der Waals surface area contributed by atoms with Crippen molar-refractivity contribution in [1.29, 1.82) is 0 Å². The van der Waals surface area contributed by atoms with Crippen molar-refractivity contribution >= 4 is 28.9 Å². The van der Waals surface area contributed by atoms with Gasteiger partial charge in [-0.2, -0.15) is 0 Å². The number of carboxylic acid groups (broad SMARTS) is 1. The number of nitrogens with zero attached hydrogens (tertiary/aromatic N) is 1. The Labute approximate surface area is 119 Å². The predicted octanol–water partition coefficient (Wildman–Crippen LogP) is 1.66. The van der Waals surface area contributed by atoms with Crippen molar-refractivity contribution in [3.63, 3.8) is 0 Å². The highest BCUT2D eigenvalue weighted by Crippen LogP contribution is 2.17. The van der Waals surface area contributed by atoms with Crippen molar-refractivity contribution in [2.24, 2.45) is 0 Å². The largest absolute Gasteiger partial charge is 0.477 e. The van der Waals surface area contributed by atoms with Crippen LogP contribution in [0, 0.1) is 6.92 Å². The van der Waals surface area contributed by atoms with Gasteiger partial charge in [0.05, 0.1) is 12.2 Å². The molecule has 6 nitrogen and oxygen atoms in total. The second-order valence-corrected chi connectivity index (χ2v) is 5.22. The average Bonchev–Trinajstić information content (AvgIpc) is 2.78. The quantitative estimate of drug-likeness (QED) is 0.743. The van der Waals surface area contributed by atoms with Crippen molar-refractivity contribution in [2.75, 3.05) is 5.73 Å². The molecule has 2 rings (SSSR count). The third-order valence-electron chi connectivity index (χ3n) is 2.61. The minimum absolute atomic E-state index is 0.196. The van der Waals surface area contributed by atoms with Gasteiger partial charge in [0.15, 0.2) is 0 Å². The Morgan fingerprint density at radius 1 is 1.35 bits per heavy atom. The monoisotopic (exact) mass is 291 g/mol. The number of carboxylic acids is 1. The van der Waals surface area contributed by atoms with E-state index >= 15 is 0 Å². The first-order valence-corrected chi connectivity index (χ1v) is 6.62. The molecule has 0 atom stereocenters. The number of carbonyl (C=O) groups is 2. The molecule has 0 spiro atoms. The Balaban J connectivity index is 2.01. The summed E-state index contributed by atoms with van der Waals surface area (Å²) in [5.41, 5.74) is 7.08. The van der Waals surface area contributed by atoms with Gasteiger partial charge < -0.3 is 16.2 Å². The van der Waals surface area contributed by atoms with Gasteiger partial charge in [0.2, 0.25) is 0 Å². The predicted molar refractivity (Wildman–Crippen MR) is 75.8 cm³/mol. The summed E-state index contributed by atoms with van der Waals surface area (Å²) in [6.45, 7) is 1.83. The molecule has 2 aromatic rings. The molecule has 4 N–H and O–H groups in total. The van der Waals surface area contributed by atoms with Crippen LogP contribution >= 0.6 is 11.3 Å². The summed E-state index contributed by atoms with van der Waals surface area (Å²) < 4.78 is 0. The fraction of sp³-hybridized carbons (Fsp3) is 0.154. The Bertz CT molecular complexity index is 649. The van der Waals surface area contributed by atoms with Crippen LogP contribution in [0.3, 0.4) is 0 Å². The molecule has 7 heteroatoms. The molecule has 104 valence electrons. The van der Waals surface area contributed by atoms with E-state index in [0.29, 0.717) is 22.0 Å². The van der Waals surface area contributed by atoms with E-state index in [1.165, 1.54) is 0 Å². The molecule has 0 unspecified atom stereocenters. The molecule has 0 saturated heterocycles. The molecular formula is C13H13N3O3S. The van der Waals surface area contributed by atoms with Gasteiger partial charge in [-0.05, 0) is 31.2 Å². The Kier molecular flexibility index (Phi) is 3.99. The first kappa shape index (κ1) is 14.0. The lowest BCUT2D eigenvalue weighted by Crippen LogP contribution is -2.22. The molecule has 0 fully saturated rings. The van der Waals surface area contributed by atoms with E-state index in [-0.39, 0.29) is 17.3 Å². The molecule has 0 aliphatic rings. The molecular weight excluding hydrogens is 278 g/mol. The lowest BCUT2D eigenvalue weighted by atomic mass is 10.2. The standard InChI is InChI=1S/C13H13N3O3S/c1-7-11(13(18)19)20-10(16-7)6-15-12(17)8-2-4-9(14)5-3-8/h2-5H,6,14H2,1H3,(H,15,17)(H,18,19). The van der Waals surface area contributed by atoms with E-state index in [1.807, 2.05) is 0 Å². The number of carbonyl (C=O) groups excluding carboxylic acids is 1. The average molecular weight is 291 g/mol. The Hall–Kier alpha value is -2.41. The summed E-state index contributed by atoms with van der Waals surface area (Å²) in [6, 6.07) is 6.54. The molecule has 1 amide bonds. The summed E-state index contributed by atoms with van der Waals surface area (Å²) in [7, 11) is 0. The zero-order valence-corrected chi connectivity index (χ0v) is 11.5. The number of amides is 1. The van der Waals surface area contributed by atoms with Gasteiger partial charge in [-0.1, -0.05) is 0 Å². The first-order chi connectivity index (χ1) is 9.47. The highest BCUT2D eigenvalue weighted by molar-refractivity contribution is 7.13. The molecule has 1 heterocycles. The van der Waals surface area contributed by atoms with E-state index in [9.17, 15) is 9.59 Å². The van der Waals surface area contributed by atoms with Crippen LogP contribution in [0.5, 0.6) is 0 Å². The van der Waals surface area contributed by atoms with Crippen LogP contribution in [-0.4, -0.2) is 22.0 Å². The Morgan fingerprint density at radius 3 is 2.55 bits per heavy atom. The molecule has 1 aromatic carbocycles. The van der Waals surface area contributed by atoms with Crippen LogP contribution in [0.15, 0.2) is 24.3 Å². The highest BCUT2D eigenvalue weighted by Gasteiger charge is 2.14. The van der Waals surface area contributed by atoms with Crippen molar-refractivity contribution in [1.82, 2.24) is 10.3 Å². The zero-order valence-electron chi connectivity index (χ0n) is 10.7. The molecule has 0 aliphatic heterocycles. The smallest absolute Gasteiger partial charge is 0.347 e. The lowest BCUT2D eigenvalue weighted by Gasteiger charge is -2.03. The van der Waals surface area contributed by atoms with Crippen LogP contribution in [0.4, 0.5) is 5.69 Å². The number of anilines is 1. The minimum atomic E-state index is -1.00. The minimum Gasteiger partial charge on any atom is -0.477 e. The van der Waals surface area contributed by atoms with Crippen molar-refractivity contribution < 1.29 is 14.7 Å². The van der Waals surface area contributed by atoms with Gasteiger partial charge in [0, 0.05) is 11.3 Å². The molecule has 0 radical (unpaired) electrons. The maximum atomic E-state index is 11.9. The van der Waals surface area contributed by atoms with Crippen molar-refractivity contribution in [3.8, 4) is 0 Å². The van der Waals surface area contributed by atoms with E-state index in [2.05, 4.69) is 10.3 Å².